The summed E-state index contributed by atoms with van der Waals surface area (Å²) in [5, 5.41) is 12.5. The van der Waals surface area contributed by atoms with Crippen molar-refractivity contribution in [2.24, 2.45) is 0 Å². The van der Waals surface area contributed by atoms with Gasteiger partial charge in [0.2, 0.25) is 11.8 Å². The standard InChI is InChI=1S/C18H21N5O/c1-2-4-15-13-23(10-9-20-15)18-21-8-7-17(22-18)24-16-6-3-5-14(11-16)12-19/h3,5-8,11,15,20H,2,4,9-10,13H2,1H3/t15-/m0/s1. The van der Waals surface area contributed by atoms with Gasteiger partial charge in [-0.05, 0) is 24.6 Å². The first kappa shape index (κ1) is 16.2. The summed E-state index contributed by atoms with van der Waals surface area (Å²) in [5.41, 5.74) is 0.561. The van der Waals surface area contributed by atoms with E-state index < -0.39 is 0 Å². The first-order valence-corrected chi connectivity index (χ1v) is 8.28. The second kappa shape index (κ2) is 7.75. The minimum atomic E-state index is 0.476. The number of nitrogens with zero attached hydrogens (tertiary/aromatic N) is 4. The number of nitrogens with one attached hydrogen (secondary N) is 1. The summed E-state index contributed by atoms with van der Waals surface area (Å²) in [6, 6.07) is 11.4. The Kier molecular flexibility index (Phi) is 5.24. The zero-order valence-electron chi connectivity index (χ0n) is 13.8. The molecule has 6 nitrogen and oxygen atoms in total. The van der Waals surface area contributed by atoms with Crippen LogP contribution in [0.15, 0.2) is 36.5 Å². The molecule has 0 bridgehead atoms. The van der Waals surface area contributed by atoms with E-state index >= 15 is 0 Å². The van der Waals surface area contributed by atoms with Crippen LogP contribution in [0.25, 0.3) is 0 Å². The lowest BCUT2D eigenvalue weighted by Gasteiger charge is -2.33. The molecule has 0 radical (unpaired) electrons. The fourth-order valence-corrected chi connectivity index (χ4v) is 2.84. The number of hydrogen-bond acceptors (Lipinski definition) is 6. The molecule has 3 rings (SSSR count). The van der Waals surface area contributed by atoms with Gasteiger partial charge in [0, 0.05) is 37.9 Å². The molecule has 2 aromatic rings. The van der Waals surface area contributed by atoms with Gasteiger partial charge < -0.3 is 15.0 Å². The van der Waals surface area contributed by atoms with E-state index in [0.717, 1.165) is 32.5 Å². The highest BCUT2D eigenvalue weighted by molar-refractivity contribution is 5.39. The minimum absolute atomic E-state index is 0.476. The van der Waals surface area contributed by atoms with E-state index in [2.05, 4.69) is 33.2 Å². The number of aromatic nitrogens is 2. The first-order chi connectivity index (χ1) is 11.8. The van der Waals surface area contributed by atoms with Gasteiger partial charge >= 0.3 is 0 Å². The molecule has 0 saturated carbocycles. The van der Waals surface area contributed by atoms with Crippen LogP contribution in [0, 0.1) is 11.3 Å². The van der Waals surface area contributed by atoms with Crippen LogP contribution in [0.5, 0.6) is 11.6 Å². The fraction of sp³-hybridized carbons (Fsp3) is 0.389. The average molecular weight is 323 g/mol. The summed E-state index contributed by atoms with van der Waals surface area (Å²) in [5.74, 6) is 1.77. The Balaban J connectivity index is 1.73. The Hall–Kier alpha value is -2.65. The highest BCUT2D eigenvalue weighted by Crippen LogP contribution is 2.22. The number of anilines is 1. The number of nitriles is 1. The van der Waals surface area contributed by atoms with Crippen LogP contribution >= 0.6 is 0 Å². The molecule has 1 aromatic heterocycles. The van der Waals surface area contributed by atoms with E-state index in [9.17, 15) is 0 Å². The second-order valence-corrected chi connectivity index (χ2v) is 5.82. The maximum Gasteiger partial charge on any atom is 0.228 e. The van der Waals surface area contributed by atoms with Gasteiger partial charge in [-0.25, -0.2) is 4.98 Å². The fourth-order valence-electron chi connectivity index (χ4n) is 2.84. The van der Waals surface area contributed by atoms with E-state index in [1.807, 2.05) is 6.07 Å². The Labute approximate surface area is 142 Å². The first-order valence-electron chi connectivity index (χ1n) is 8.28. The lowest BCUT2D eigenvalue weighted by Crippen LogP contribution is -2.51. The topological polar surface area (TPSA) is 74.1 Å². The SMILES string of the molecule is CCC[C@H]1CN(c2nccc(Oc3cccc(C#N)c3)n2)CCN1. The van der Waals surface area contributed by atoms with Gasteiger partial charge in [0.05, 0.1) is 11.6 Å². The molecule has 0 amide bonds. The van der Waals surface area contributed by atoms with Crippen molar-refractivity contribution < 1.29 is 4.74 Å². The molecule has 2 heterocycles. The van der Waals surface area contributed by atoms with Crippen LogP contribution in [-0.2, 0) is 0 Å². The molecule has 24 heavy (non-hydrogen) atoms. The Morgan fingerprint density at radius 2 is 2.33 bits per heavy atom. The van der Waals surface area contributed by atoms with Crippen molar-refractivity contribution in [3.8, 4) is 17.7 Å². The highest BCUT2D eigenvalue weighted by atomic mass is 16.5. The quantitative estimate of drug-likeness (QED) is 0.912. The smallest absolute Gasteiger partial charge is 0.228 e. The average Bonchev–Trinajstić information content (AvgIpc) is 2.63. The van der Waals surface area contributed by atoms with E-state index in [-0.39, 0.29) is 0 Å². The molecule has 1 fully saturated rings. The Morgan fingerprint density at radius 1 is 1.42 bits per heavy atom. The summed E-state index contributed by atoms with van der Waals surface area (Å²) in [6.07, 6.45) is 4.01. The van der Waals surface area contributed by atoms with Gasteiger partial charge in [-0.2, -0.15) is 10.2 Å². The number of hydrogen-bond donors (Lipinski definition) is 1. The Bertz CT molecular complexity index is 725. The summed E-state index contributed by atoms with van der Waals surface area (Å²) in [4.78, 5) is 11.1. The third-order valence-electron chi connectivity index (χ3n) is 3.98. The predicted octanol–water partition coefficient (Wildman–Crippen LogP) is 2.72. The van der Waals surface area contributed by atoms with Crippen molar-refractivity contribution >= 4 is 5.95 Å². The summed E-state index contributed by atoms with van der Waals surface area (Å²) >= 11 is 0. The van der Waals surface area contributed by atoms with Crippen molar-refractivity contribution in [1.82, 2.24) is 15.3 Å². The van der Waals surface area contributed by atoms with Crippen LogP contribution in [0.2, 0.25) is 0 Å². The molecule has 0 spiro atoms. The van der Waals surface area contributed by atoms with Crippen molar-refractivity contribution in [1.29, 1.82) is 5.26 Å². The normalized spacial score (nSPS) is 17.3. The van der Waals surface area contributed by atoms with Gasteiger partial charge in [-0.15, -0.1) is 0 Å². The number of piperazine rings is 1. The highest BCUT2D eigenvalue weighted by Gasteiger charge is 2.20. The van der Waals surface area contributed by atoms with Crippen LogP contribution in [0.1, 0.15) is 25.3 Å². The zero-order valence-corrected chi connectivity index (χ0v) is 13.8. The maximum absolute atomic E-state index is 8.97. The summed E-state index contributed by atoms with van der Waals surface area (Å²) in [6.45, 7) is 4.92. The minimum Gasteiger partial charge on any atom is -0.439 e. The van der Waals surface area contributed by atoms with Crippen molar-refractivity contribution in [2.45, 2.75) is 25.8 Å². The van der Waals surface area contributed by atoms with Crippen LogP contribution in [0.4, 0.5) is 5.95 Å². The lowest BCUT2D eigenvalue weighted by atomic mass is 10.1. The van der Waals surface area contributed by atoms with E-state index in [0.29, 0.717) is 29.2 Å². The molecule has 1 atom stereocenters. The summed E-state index contributed by atoms with van der Waals surface area (Å²) < 4.78 is 5.78. The van der Waals surface area contributed by atoms with Crippen molar-refractivity contribution in [2.75, 3.05) is 24.5 Å². The molecule has 1 aromatic carbocycles. The molecule has 1 N–H and O–H groups in total. The predicted molar refractivity (Wildman–Crippen MR) is 92.2 cm³/mol. The molecular formula is C18H21N5O. The van der Waals surface area contributed by atoms with Gasteiger partial charge in [-0.3, -0.25) is 0 Å². The molecule has 124 valence electrons. The van der Waals surface area contributed by atoms with E-state index in [1.165, 1.54) is 0 Å². The van der Waals surface area contributed by atoms with Gasteiger partial charge in [0.25, 0.3) is 0 Å². The van der Waals surface area contributed by atoms with E-state index in [4.69, 9.17) is 10.00 Å². The van der Waals surface area contributed by atoms with Crippen LogP contribution in [-0.4, -0.2) is 35.6 Å². The largest absolute Gasteiger partial charge is 0.439 e. The second-order valence-electron chi connectivity index (χ2n) is 5.82. The molecule has 1 aliphatic heterocycles. The number of ether oxygens (including phenoxy) is 1. The molecule has 0 aliphatic carbocycles. The molecule has 1 saturated heterocycles. The number of benzene rings is 1. The molecular weight excluding hydrogens is 302 g/mol. The maximum atomic E-state index is 8.97. The van der Waals surface area contributed by atoms with Crippen molar-refractivity contribution in [3.63, 3.8) is 0 Å². The zero-order chi connectivity index (χ0) is 16.8. The molecule has 6 heteroatoms. The summed E-state index contributed by atoms with van der Waals surface area (Å²) in [7, 11) is 0. The number of rotatable bonds is 5. The Morgan fingerprint density at radius 3 is 3.17 bits per heavy atom. The van der Waals surface area contributed by atoms with E-state index in [1.54, 1.807) is 30.5 Å². The molecule has 0 unspecified atom stereocenters. The van der Waals surface area contributed by atoms with Gasteiger partial charge in [0.15, 0.2) is 0 Å². The third kappa shape index (κ3) is 4.00. The van der Waals surface area contributed by atoms with Crippen LogP contribution < -0.4 is 15.0 Å². The van der Waals surface area contributed by atoms with Crippen molar-refractivity contribution in [3.05, 3.63) is 42.1 Å². The van der Waals surface area contributed by atoms with Gasteiger partial charge in [0.1, 0.15) is 5.75 Å². The van der Waals surface area contributed by atoms with Gasteiger partial charge in [-0.1, -0.05) is 19.4 Å². The monoisotopic (exact) mass is 323 g/mol. The third-order valence-corrected chi connectivity index (χ3v) is 3.98. The van der Waals surface area contributed by atoms with Crippen LogP contribution in [0.3, 0.4) is 0 Å². The lowest BCUT2D eigenvalue weighted by molar-refractivity contribution is 0.423. The molecule has 1 aliphatic rings.